The van der Waals surface area contributed by atoms with Crippen molar-refractivity contribution < 1.29 is 0 Å². The van der Waals surface area contributed by atoms with Crippen LogP contribution in [0.15, 0.2) is 58.8 Å². The molecule has 106 valence electrons. The zero-order chi connectivity index (χ0) is 14.7. The lowest BCUT2D eigenvalue weighted by Gasteiger charge is -2.03. The maximum Gasteiger partial charge on any atom is 0.251 e. The van der Waals surface area contributed by atoms with Gasteiger partial charge in [-0.05, 0) is 24.1 Å². The largest absolute Gasteiger partial charge is 0.309 e. The lowest BCUT2D eigenvalue weighted by atomic mass is 10.2. The van der Waals surface area contributed by atoms with Crippen LogP contribution in [0.2, 0.25) is 0 Å². The van der Waals surface area contributed by atoms with E-state index in [4.69, 9.17) is 0 Å². The molecule has 21 heavy (non-hydrogen) atoms. The van der Waals surface area contributed by atoms with Crippen LogP contribution in [0.4, 0.5) is 0 Å². The second-order valence-corrected chi connectivity index (χ2v) is 6.01. The van der Waals surface area contributed by atoms with Gasteiger partial charge in [-0.2, -0.15) is 0 Å². The van der Waals surface area contributed by atoms with Crippen molar-refractivity contribution in [1.29, 1.82) is 0 Å². The van der Waals surface area contributed by atoms with Crippen LogP contribution < -0.4 is 5.56 Å². The van der Waals surface area contributed by atoms with Gasteiger partial charge in [-0.15, -0.1) is 11.3 Å². The lowest BCUT2D eigenvalue weighted by Crippen LogP contribution is -2.19. The van der Waals surface area contributed by atoms with Gasteiger partial charge in [0.1, 0.15) is 0 Å². The normalized spacial score (nSPS) is 10.7. The number of benzene rings is 1. The summed E-state index contributed by atoms with van der Waals surface area (Å²) in [6, 6.07) is 13.9. The monoisotopic (exact) mass is 296 g/mol. The molecule has 0 saturated carbocycles. The minimum atomic E-state index is 0.0209. The van der Waals surface area contributed by atoms with Crippen LogP contribution in [0.25, 0.3) is 0 Å². The molecule has 2 heterocycles. The van der Waals surface area contributed by atoms with E-state index in [2.05, 4.69) is 17.1 Å². The molecule has 0 aliphatic heterocycles. The second kappa shape index (κ2) is 6.06. The Labute approximate surface area is 127 Å². The zero-order valence-electron chi connectivity index (χ0n) is 11.8. The fraction of sp³-hybridized carbons (Fsp3) is 0.176. The molecule has 2 aromatic heterocycles. The predicted molar refractivity (Wildman–Crippen MR) is 85.9 cm³/mol. The van der Waals surface area contributed by atoms with E-state index >= 15 is 0 Å². The number of thiazole rings is 1. The Morgan fingerprint density at radius 2 is 2.00 bits per heavy atom. The predicted octanol–water partition coefficient (Wildman–Crippen LogP) is 3.25. The van der Waals surface area contributed by atoms with E-state index in [1.165, 1.54) is 5.56 Å². The molecule has 3 aromatic rings. The van der Waals surface area contributed by atoms with Crippen LogP contribution in [-0.2, 0) is 13.0 Å². The average Bonchev–Trinajstić information content (AvgIpc) is 2.90. The van der Waals surface area contributed by atoms with E-state index in [1.807, 2.05) is 42.8 Å². The van der Waals surface area contributed by atoms with E-state index in [-0.39, 0.29) is 5.56 Å². The highest BCUT2D eigenvalue weighted by Gasteiger charge is 2.05. The topological polar surface area (TPSA) is 34.9 Å². The Balaban J connectivity index is 1.74. The Morgan fingerprint density at radius 1 is 1.19 bits per heavy atom. The Morgan fingerprint density at radius 3 is 2.76 bits per heavy atom. The third-order valence-electron chi connectivity index (χ3n) is 3.28. The number of aromatic nitrogens is 2. The van der Waals surface area contributed by atoms with Crippen LogP contribution in [0.1, 0.15) is 21.8 Å². The van der Waals surface area contributed by atoms with Crippen LogP contribution in [-0.4, -0.2) is 9.55 Å². The summed E-state index contributed by atoms with van der Waals surface area (Å²) in [5.41, 5.74) is 3.20. The molecule has 3 nitrogen and oxygen atoms in total. The van der Waals surface area contributed by atoms with Crippen molar-refractivity contribution in [2.24, 2.45) is 0 Å². The van der Waals surface area contributed by atoms with Gasteiger partial charge in [0.2, 0.25) is 0 Å². The molecular weight excluding hydrogens is 280 g/mol. The van der Waals surface area contributed by atoms with Gasteiger partial charge in [-0.1, -0.05) is 30.3 Å². The van der Waals surface area contributed by atoms with Gasteiger partial charge in [0.25, 0.3) is 5.56 Å². The Kier molecular flexibility index (Phi) is 3.97. The van der Waals surface area contributed by atoms with E-state index < -0.39 is 0 Å². The van der Waals surface area contributed by atoms with Crippen LogP contribution in [0, 0.1) is 6.92 Å². The van der Waals surface area contributed by atoms with Crippen molar-refractivity contribution in [2.75, 3.05) is 0 Å². The highest BCUT2D eigenvalue weighted by atomic mass is 32.1. The van der Waals surface area contributed by atoms with Gasteiger partial charge in [-0.25, -0.2) is 4.98 Å². The van der Waals surface area contributed by atoms with Crippen molar-refractivity contribution in [2.45, 2.75) is 19.9 Å². The van der Waals surface area contributed by atoms with Gasteiger partial charge < -0.3 is 4.57 Å². The number of pyridine rings is 1. The molecule has 0 aliphatic rings. The first kappa shape index (κ1) is 13.8. The van der Waals surface area contributed by atoms with Crippen molar-refractivity contribution in [3.05, 3.63) is 86.2 Å². The highest BCUT2D eigenvalue weighted by Crippen LogP contribution is 2.15. The summed E-state index contributed by atoms with van der Waals surface area (Å²) in [7, 11) is 0. The van der Waals surface area contributed by atoms with E-state index in [0.29, 0.717) is 6.54 Å². The average molecular weight is 296 g/mol. The van der Waals surface area contributed by atoms with Crippen LogP contribution >= 0.6 is 11.3 Å². The maximum absolute atomic E-state index is 11.9. The molecular formula is C17H16N2OS. The number of hydrogen-bond acceptors (Lipinski definition) is 3. The quantitative estimate of drug-likeness (QED) is 0.741. The first-order valence-electron chi connectivity index (χ1n) is 6.85. The summed E-state index contributed by atoms with van der Waals surface area (Å²) in [5.74, 6) is 0. The maximum atomic E-state index is 11.9. The van der Waals surface area contributed by atoms with Gasteiger partial charge in [0.15, 0.2) is 0 Å². The minimum absolute atomic E-state index is 0.0209. The van der Waals surface area contributed by atoms with E-state index in [1.54, 1.807) is 22.0 Å². The smallest absolute Gasteiger partial charge is 0.251 e. The fourth-order valence-electron chi connectivity index (χ4n) is 2.19. The molecule has 0 amide bonds. The van der Waals surface area contributed by atoms with Gasteiger partial charge >= 0.3 is 0 Å². The summed E-state index contributed by atoms with van der Waals surface area (Å²) in [6.07, 6.45) is 2.67. The second-order valence-electron chi connectivity index (χ2n) is 5.07. The van der Waals surface area contributed by atoms with Crippen molar-refractivity contribution in [1.82, 2.24) is 9.55 Å². The summed E-state index contributed by atoms with van der Waals surface area (Å²) in [5, 5.41) is 3.11. The molecule has 3 rings (SSSR count). The number of aryl methyl sites for hydroxylation is 1. The van der Waals surface area contributed by atoms with Crippen molar-refractivity contribution in [3.8, 4) is 0 Å². The lowest BCUT2D eigenvalue weighted by molar-refractivity contribution is 0.739. The Bertz CT molecular complexity index is 790. The SMILES string of the molecule is Cc1ccn(Cc2csc(Cc3ccccc3)n2)c(=O)c1. The van der Waals surface area contributed by atoms with Crippen LogP contribution in [0.5, 0.6) is 0 Å². The highest BCUT2D eigenvalue weighted by molar-refractivity contribution is 7.09. The number of nitrogens with zero attached hydrogens (tertiary/aromatic N) is 2. The van der Waals surface area contributed by atoms with Gasteiger partial charge in [-0.3, -0.25) is 4.79 Å². The molecule has 0 spiro atoms. The summed E-state index contributed by atoms with van der Waals surface area (Å²) in [6.45, 7) is 2.46. The summed E-state index contributed by atoms with van der Waals surface area (Å²) >= 11 is 1.65. The number of rotatable bonds is 4. The minimum Gasteiger partial charge on any atom is -0.309 e. The van der Waals surface area contributed by atoms with E-state index in [9.17, 15) is 4.79 Å². The molecule has 0 N–H and O–H groups in total. The molecule has 0 aliphatic carbocycles. The van der Waals surface area contributed by atoms with Crippen molar-refractivity contribution in [3.63, 3.8) is 0 Å². The Hall–Kier alpha value is -2.20. The zero-order valence-corrected chi connectivity index (χ0v) is 12.6. The molecule has 0 unspecified atom stereocenters. The van der Waals surface area contributed by atoms with Crippen LogP contribution in [0.3, 0.4) is 0 Å². The number of hydrogen-bond donors (Lipinski definition) is 0. The molecule has 0 radical (unpaired) electrons. The van der Waals surface area contributed by atoms with Gasteiger partial charge in [0.05, 0.1) is 17.2 Å². The molecule has 0 fully saturated rings. The third kappa shape index (κ3) is 3.47. The molecule has 4 heteroatoms. The first-order valence-corrected chi connectivity index (χ1v) is 7.73. The third-order valence-corrected chi connectivity index (χ3v) is 4.18. The first-order chi connectivity index (χ1) is 10.2. The molecule has 0 atom stereocenters. The fourth-order valence-corrected chi connectivity index (χ4v) is 3.00. The van der Waals surface area contributed by atoms with Crippen molar-refractivity contribution >= 4 is 11.3 Å². The van der Waals surface area contributed by atoms with E-state index in [0.717, 1.165) is 22.7 Å². The molecule has 1 aromatic carbocycles. The summed E-state index contributed by atoms with van der Waals surface area (Å²) in [4.78, 5) is 16.5. The standard InChI is InChI=1S/C17H16N2OS/c1-13-7-8-19(17(20)9-13)11-15-12-21-16(18-15)10-14-5-3-2-4-6-14/h2-9,12H,10-11H2,1H3. The molecule has 0 saturated heterocycles. The summed E-state index contributed by atoms with van der Waals surface area (Å²) < 4.78 is 1.69. The van der Waals surface area contributed by atoms with Gasteiger partial charge in [0, 0.05) is 24.1 Å². The molecule has 0 bridgehead atoms.